The van der Waals surface area contributed by atoms with Crippen LogP contribution in [-0.2, 0) is 14.3 Å². The fourth-order valence-electron chi connectivity index (χ4n) is 1.74. The summed E-state index contributed by atoms with van der Waals surface area (Å²) in [5.74, 6) is 0.314. The molecular formula is C19H36O3. The maximum Gasteiger partial charge on any atom is 0.306 e. The summed E-state index contributed by atoms with van der Waals surface area (Å²) in [6.45, 7) is 11.0. The molecule has 1 unspecified atom stereocenters. The van der Waals surface area contributed by atoms with E-state index in [0.29, 0.717) is 25.9 Å². The minimum Gasteiger partial charge on any atom is -0.461 e. The third-order valence-electron chi connectivity index (χ3n) is 3.05. The number of esters is 1. The summed E-state index contributed by atoms with van der Waals surface area (Å²) in [7, 11) is 0. The zero-order valence-electron chi connectivity index (χ0n) is 15.3. The third kappa shape index (κ3) is 16.9. The van der Waals surface area contributed by atoms with Gasteiger partial charge in [-0.05, 0) is 18.8 Å². The van der Waals surface area contributed by atoms with Crippen molar-refractivity contribution in [3.05, 3.63) is 12.2 Å². The van der Waals surface area contributed by atoms with E-state index < -0.39 is 0 Å². The molecule has 0 aromatic rings. The molecule has 1 rings (SSSR count). The highest BCUT2D eigenvalue weighted by Crippen LogP contribution is 2.25. The Morgan fingerprint density at radius 3 is 2.14 bits per heavy atom. The molecule has 0 heterocycles. The number of unbranched alkanes of at least 4 members (excludes halogenated alkanes) is 1. The molecule has 0 aromatic carbocycles. The van der Waals surface area contributed by atoms with Gasteiger partial charge in [0, 0.05) is 19.3 Å². The Hall–Kier alpha value is -1.12. The Balaban J connectivity index is 0. The first-order valence-corrected chi connectivity index (χ1v) is 8.87. The van der Waals surface area contributed by atoms with Crippen LogP contribution in [0.25, 0.3) is 0 Å². The molecule has 1 atom stereocenters. The molecule has 1 aliphatic carbocycles. The van der Waals surface area contributed by atoms with Crippen LogP contribution in [0.3, 0.4) is 0 Å². The summed E-state index contributed by atoms with van der Waals surface area (Å²) in [6.07, 6.45) is 11.1. The number of hydrogen-bond donors (Lipinski definition) is 0. The van der Waals surface area contributed by atoms with E-state index in [-0.39, 0.29) is 17.7 Å². The first-order valence-electron chi connectivity index (χ1n) is 8.87. The van der Waals surface area contributed by atoms with Crippen molar-refractivity contribution in [2.24, 2.45) is 5.92 Å². The Morgan fingerprint density at radius 2 is 1.73 bits per heavy atom. The highest BCUT2D eigenvalue weighted by molar-refractivity contribution is 5.81. The van der Waals surface area contributed by atoms with Crippen LogP contribution in [0.15, 0.2) is 12.2 Å². The molecule has 0 saturated heterocycles. The Morgan fingerprint density at radius 1 is 1.14 bits per heavy atom. The number of carbonyl (C=O) groups is 2. The van der Waals surface area contributed by atoms with Crippen LogP contribution in [0, 0.1) is 5.92 Å². The average molecular weight is 312 g/mol. The van der Waals surface area contributed by atoms with Gasteiger partial charge in [0.25, 0.3) is 0 Å². The molecule has 1 fully saturated rings. The molecule has 1 aliphatic rings. The van der Waals surface area contributed by atoms with Gasteiger partial charge in [-0.2, -0.15) is 0 Å². The topological polar surface area (TPSA) is 43.4 Å². The zero-order chi connectivity index (χ0) is 17.2. The average Bonchev–Trinajstić information content (AvgIpc) is 2.90. The number of rotatable bonds is 6. The predicted octanol–water partition coefficient (Wildman–Crippen LogP) is 5.48. The molecule has 0 N–H and O–H groups in total. The fourth-order valence-corrected chi connectivity index (χ4v) is 1.74. The highest BCUT2D eigenvalue weighted by Gasteiger charge is 2.24. The summed E-state index contributed by atoms with van der Waals surface area (Å²) in [5, 5.41) is 0. The summed E-state index contributed by atoms with van der Waals surface area (Å²) in [4.78, 5) is 22.3. The molecule has 0 radical (unpaired) electrons. The standard InChI is InChI=1S/C12H18O3.C4H10.C3H8/c1-2-3-4-7-15-12(14)9-10-5-6-11(13)8-10;1-3-4-2;1-3-2/h3-4,10H,2,5-9H2,1H3;3-4H2,1-2H3;3H2,1-2H3/b4-3-;;. The molecule has 3 nitrogen and oxygen atoms in total. The van der Waals surface area contributed by atoms with Crippen molar-refractivity contribution in [1.29, 1.82) is 0 Å². The van der Waals surface area contributed by atoms with Crippen LogP contribution in [0.4, 0.5) is 0 Å². The molecule has 0 amide bonds. The molecule has 1 saturated carbocycles. The second kappa shape index (κ2) is 17.9. The van der Waals surface area contributed by atoms with Gasteiger partial charge in [0.05, 0.1) is 0 Å². The lowest BCUT2D eigenvalue weighted by atomic mass is 10.0. The summed E-state index contributed by atoms with van der Waals surface area (Å²) < 4.78 is 5.00. The van der Waals surface area contributed by atoms with Crippen LogP contribution in [0.1, 0.15) is 86.0 Å². The minimum absolute atomic E-state index is 0.185. The van der Waals surface area contributed by atoms with E-state index in [4.69, 9.17) is 4.74 Å². The summed E-state index contributed by atoms with van der Waals surface area (Å²) in [5.41, 5.74) is 0. The van der Waals surface area contributed by atoms with Crippen molar-refractivity contribution < 1.29 is 14.3 Å². The van der Waals surface area contributed by atoms with Crippen molar-refractivity contribution in [3.63, 3.8) is 0 Å². The first-order chi connectivity index (χ1) is 10.5. The number of carbonyl (C=O) groups excluding carboxylic acids is 2. The molecule has 0 spiro atoms. The molecule has 0 bridgehead atoms. The van der Waals surface area contributed by atoms with Gasteiger partial charge in [-0.1, -0.05) is 66.0 Å². The molecule has 130 valence electrons. The van der Waals surface area contributed by atoms with Crippen LogP contribution >= 0.6 is 0 Å². The van der Waals surface area contributed by atoms with Gasteiger partial charge < -0.3 is 4.74 Å². The maximum absolute atomic E-state index is 11.3. The molecule has 3 heteroatoms. The summed E-state index contributed by atoms with van der Waals surface area (Å²) >= 11 is 0. The monoisotopic (exact) mass is 312 g/mol. The second-order valence-electron chi connectivity index (χ2n) is 5.62. The Bertz CT molecular complexity index is 293. The van der Waals surface area contributed by atoms with Gasteiger partial charge in [0.1, 0.15) is 12.4 Å². The quantitative estimate of drug-likeness (QED) is 0.482. The van der Waals surface area contributed by atoms with E-state index >= 15 is 0 Å². The summed E-state index contributed by atoms with van der Waals surface area (Å²) in [6, 6.07) is 0. The van der Waals surface area contributed by atoms with Crippen molar-refractivity contribution in [3.8, 4) is 0 Å². The van der Waals surface area contributed by atoms with Crippen molar-refractivity contribution in [1.82, 2.24) is 0 Å². The Kier molecular flexibility index (Phi) is 18.9. The van der Waals surface area contributed by atoms with E-state index in [9.17, 15) is 9.59 Å². The van der Waals surface area contributed by atoms with Crippen molar-refractivity contribution in [2.45, 2.75) is 86.0 Å². The zero-order valence-corrected chi connectivity index (χ0v) is 15.3. The maximum atomic E-state index is 11.3. The first kappa shape index (κ1) is 23.2. The molecule has 0 aliphatic heterocycles. The number of hydrogen-bond acceptors (Lipinski definition) is 3. The van der Waals surface area contributed by atoms with E-state index in [1.54, 1.807) is 0 Å². The van der Waals surface area contributed by atoms with Gasteiger partial charge in [0.2, 0.25) is 0 Å². The van der Waals surface area contributed by atoms with Crippen LogP contribution in [-0.4, -0.2) is 18.4 Å². The number of allylic oxidation sites excluding steroid dienone is 1. The lowest BCUT2D eigenvalue weighted by molar-refractivity contribution is -0.143. The normalized spacial score (nSPS) is 16.6. The van der Waals surface area contributed by atoms with Gasteiger partial charge in [-0.3, -0.25) is 9.59 Å². The Labute approximate surface area is 137 Å². The highest BCUT2D eigenvalue weighted by atomic mass is 16.5. The predicted molar refractivity (Wildman–Crippen MR) is 93.9 cm³/mol. The fraction of sp³-hybridized carbons (Fsp3) is 0.789. The van der Waals surface area contributed by atoms with Gasteiger partial charge in [0.15, 0.2) is 0 Å². The SMILES string of the molecule is CC/C=C\COC(=O)CC1CCC(=O)C1.CCC.CCCC. The number of ketones is 1. The van der Waals surface area contributed by atoms with E-state index in [1.165, 1.54) is 19.3 Å². The third-order valence-corrected chi connectivity index (χ3v) is 3.05. The van der Waals surface area contributed by atoms with E-state index in [1.807, 2.05) is 19.1 Å². The second-order valence-corrected chi connectivity index (χ2v) is 5.62. The van der Waals surface area contributed by atoms with Crippen LogP contribution in [0.2, 0.25) is 0 Å². The largest absolute Gasteiger partial charge is 0.461 e. The smallest absolute Gasteiger partial charge is 0.306 e. The van der Waals surface area contributed by atoms with Crippen molar-refractivity contribution in [2.75, 3.05) is 6.61 Å². The van der Waals surface area contributed by atoms with E-state index in [0.717, 1.165) is 12.8 Å². The molecular weight excluding hydrogens is 276 g/mol. The number of Topliss-reactive ketones (excluding diaryl/α,β-unsaturated/α-hetero) is 1. The van der Waals surface area contributed by atoms with Crippen molar-refractivity contribution >= 4 is 11.8 Å². The van der Waals surface area contributed by atoms with E-state index in [2.05, 4.69) is 27.7 Å². The van der Waals surface area contributed by atoms with Gasteiger partial charge in [-0.25, -0.2) is 0 Å². The molecule has 0 aromatic heterocycles. The van der Waals surface area contributed by atoms with Crippen LogP contribution < -0.4 is 0 Å². The number of ether oxygens (including phenoxy) is 1. The minimum atomic E-state index is -0.185. The molecule has 22 heavy (non-hydrogen) atoms. The van der Waals surface area contributed by atoms with Gasteiger partial charge in [-0.15, -0.1) is 0 Å². The van der Waals surface area contributed by atoms with Gasteiger partial charge >= 0.3 is 5.97 Å². The van der Waals surface area contributed by atoms with Crippen LogP contribution in [0.5, 0.6) is 0 Å². The lowest BCUT2D eigenvalue weighted by Crippen LogP contribution is -2.09. The lowest BCUT2D eigenvalue weighted by Gasteiger charge is -2.06.